The molecule has 2 aromatic rings. The van der Waals surface area contributed by atoms with Gasteiger partial charge in [0.25, 0.3) is 11.8 Å². The predicted molar refractivity (Wildman–Crippen MR) is 102 cm³/mol. The number of carbonyl (C=O) groups excluding carboxylic acids is 2. The van der Waals surface area contributed by atoms with E-state index in [0.717, 1.165) is 6.42 Å². The zero-order valence-electron chi connectivity index (χ0n) is 13.6. The molecule has 0 fully saturated rings. The highest BCUT2D eigenvalue weighted by atomic mass is 79.9. The van der Waals surface area contributed by atoms with Gasteiger partial charge in [-0.2, -0.15) is 0 Å². The van der Waals surface area contributed by atoms with Crippen molar-refractivity contribution in [3.8, 4) is 5.75 Å². The fourth-order valence-electron chi connectivity index (χ4n) is 2.05. The summed E-state index contributed by atoms with van der Waals surface area (Å²) in [6.07, 6.45) is 0.837. The Kier molecular flexibility index (Phi) is 7.28. The summed E-state index contributed by atoms with van der Waals surface area (Å²) >= 11 is 9.19. The van der Waals surface area contributed by atoms with Crippen LogP contribution in [0.5, 0.6) is 5.75 Å². The predicted octanol–water partition coefficient (Wildman–Crippen LogP) is 4.26. The quantitative estimate of drug-likeness (QED) is 0.696. The summed E-state index contributed by atoms with van der Waals surface area (Å²) in [5.41, 5.74) is 0.858. The number of hydrogen-bond donors (Lipinski definition) is 2. The molecule has 2 aromatic carbocycles. The fraction of sp³-hybridized carbons (Fsp3) is 0.222. The first kappa shape index (κ1) is 19.3. The van der Waals surface area contributed by atoms with Crippen molar-refractivity contribution in [3.05, 3.63) is 57.5 Å². The molecule has 0 aromatic heterocycles. The van der Waals surface area contributed by atoms with Gasteiger partial charge in [-0.1, -0.05) is 30.7 Å². The Morgan fingerprint density at radius 1 is 1.20 bits per heavy atom. The van der Waals surface area contributed by atoms with Crippen LogP contribution in [-0.4, -0.2) is 25.0 Å². The normalized spacial score (nSPS) is 10.2. The average Bonchev–Trinajstić information content (AvgIpc) is 2.59. The van der Waals surface area contributed by atoms with Gasteiger partial charge in [-0.25, -0.2) is 0 Å². The van der Waals surface area contributed by atoms with E-state index in [4.69, 9.17) is 16.3 Å². The van der Waals surface area contributed by atoms with Gasteiger partial charge in [-0.3, -0.25) is 9.59 Å². The number of ether oxygens (including phenoxy) is 1. The summed E-state index contributed by atoms with van der Waals surface area (Å²) in [4.78, 5) is 24.3. The molecular weight excluding hydrogens is 408 g/mol. The molecule has 0 aliphatic carbocycles. The van der Waals surface area contributed by atoms with E-state index in [1.165, 1.54) is 0 Å². The number of nitrogens with one attached hydrogen (secondary N) is 2. The second kappa shape index (κ2) is 9.44. The van der Waals surface area contributed by atoms with E-state index >= 15 is 0 Å². The molecule has 0 unspecified atom stereocenters. The van der Waals surface area contributed by atoms with Crippen molar-refractivity contribution in [1.29, 1.82) is 0 Å². The number of anilines is 1. The molecule has 0 atom stereocenters. The summed E-state index contributed by atoms with van der Waals surface area (Å²) in [6.45, 7) is 2.36. The third kappa shape index (κ3) is 5.76. The van der Waals surface area contributed by atoms with Gasteiger partial charge in [-0.15, -0.1) is 0 Å². The molecule has 0 aliphatic rings. The largest absolute Gasteiger partial charge is 0.483 e. The van der Waals surface area contributed by atoms with E-state index in [-0.39, 0.29) is 18.4 Å². The maximum atomic E-state index is 12.1. The van der Waals surface area contributed by atoms with Crippen molar-refractivity contribution in [2.75, 3.05) is 18.5 Å². The highest BCUT2D eigenvalue weighted by Gasteiger charge is 2.13. The van der Waals surface area contributed by atoms with Crippen molar-refractivity contribution in [3.63, 3.8) is 0 Å². The number of amides is 2. The second-order valence-electron chi connectivity index (χ2n) is 5.21. The van der Waals surface area contributed by atoms with Crippen LogP contribution in [0.25, 0.3) is 0 Å². The van der Waals surface area contributed by atoms with Gasteiger partial charge < -0.3 is 15.4 Å². The van der Waals surface area contributed by atoms with Crippen LogP contribution in [0.15, 0.2) is 46.9 Å². The Balaban J connectivity index is 1.99. The minimum Gasteiger partial charge on any atom is -0.483 e. The molecule has 7 heteroatoms. The van der Waals surface area contributed by atoms with E-state index in [2.05, 4.69) is 26.6 Å². The second-order valence-corrected chi connectivity index (χ2v) is 6.50. The van der Waals surface area contributed by atoms with E-state index < -0.39 is 0 Å². The number of benzene rings is 2. The molecule has 0 aliphatic heterocycles. The van der Waals surface area contributed by atoms with Crippen LogP contribution in [0.2, 0.25) is 5.02 Å². The first-order valence-electron chi connectivity index (χ1n) is 7.76. The molecule has 0 bridgehead atoms. The van der Waals surface area contributed by atoms with Crippen LogP contribution in [-0.2, 0) is 4.79 Å². The lowest BCUT2D eigenvalue weighted by atomic mass is 10.1. The Hall–Kier alpha value is -2.05. The standard InChI is InChI=1S/C18H18BrClN2O3/c1-2-9-21-18(24)13-5-3-4-6-15(13)22-17(23)11-25-16-8-7-12(20)10-14(16)19/h3-8,10H,2,9,11H2,1H3,(H,21,24)(H,22,23). The molecule has 0 heterocycles. The summed E-state index contributed by atoms with van der Waals surface area (Å²) in [7, 11) is 0. The van der Waals surface area contributed by atoms with Gasteiger partial charge in [0.15, 0.2) is 6.61 Å². The van der Waals surface area contributed by atoms with E-state index in [1.54, 1.807) is 42.5 Å². The molecule has 132 valence electrons. The van der Waals surface area contributed by atoms with Gasteiger partial charge in [0, 0.05) is 11.6 Å². The average molecular weight is 426 g/mol. The lowest BCUT2D eigenvalue weighted by Gasteiger charge is -2.12. The van der Waals surface area contributed by atoms with Crippen molar-refractivity contribution in [1.82, 2.24) is 5.32 Å². The number of halogens is 2. The van der Waals surface area contributed by atoms with Gasteiger partial charge in [0.05, 0.1) is 15.7 Å². The molecule has 0 saturated heterocycles. The minimum atomic E-state index is -0.363. The maximum Gasteiger partial charge on any atom is 0.262 e. The third-order valence-electron chi connectivity index (χ3n) is 3.23. The van der Waals surface area contributed by atoms with Gasteiger partial charge in [0.1, 0.15) is 5.75 Å². The van der Waals surface area contributed by atoms with Gasteiger partial charge >= 0.3 is 0 Å². The first-order chi connectivity index (χ1) is 12.0. The minimum absolute atomic E-state index is 0.189. The first-order valence-corrected chi connectivity index (χ1v) is 8.93. The Morgan fingerprint density at radius 3 is 2.68 bits per heavy atom. The molecular formula is C18H18BrClN2O3. The van der Waals surface area contributed by atoms with E-state index in [9.17, 15) is 9.59 Å². The summed E-state index contributed by atoms with van der Waals surface area (Å²) in [5.74, 6) is -0.0785. The van der Waals surface area contributed by atoms with E-state index in [0.29, 0.717) is 33.0 Å². The fourth-order valence-corrected chi connectivity index (χ4v) is 2.84. The van der Waals surface area contributed by atoms with Crippen molar-refractivity contribution in [2.24, 2.45) is 0 Å². The van der Waals surface area contributed by atoms with Crippen molar-refractivity contribution < 1.29 is 14.3 Å². The molecule has 0 spiro atoms. The maximum absolute atomic E-state index is 12.1. The SMILES string of the molecule is CCCNC(=O)c1ccccc1NC(=O)COc1ccc(Cl)cc1Br. The van der Waals surface area contributed by atoms with Crippen LogP contribution in [0.3, 0.4) is 0 Å². The molecule has 25 heavy (non-hydrogen) atoms. The number of para-hydroxylation sites is 1. The molecule has 2 amide bonds. The zero-order valence-corrected chi connectivity index (χ0v) is 16.0. The van der Waals surface area contributed by atoms with E-state index in [1.807, 2.05) is 6.92 Å². The summed E-state index contributed by atoms with van der Waals surface area (Å²) in [5, 5.41) is 6.06. The van der Waals surface area contributed by atoms with Crippen LogP contribution >= 0.6 is 27.5 Å². The number of rotatable bonds is 7. The molecule has 5 nitrogen and oxygen atoms in total. The lowest BCUT2D eigenvalue weighted by molar-refractivity contribution is -0.118. The number of hydrogen-bond acceptors (Lipinski definition) is 3. The number of carbonyl (C=O) groups is 2. The topological polar surface area (TPSA) is 67.4 Å². The zero-order chi connectivity index (χ0) is 18.2. The highest BCUT2D eigenvalue weighted by Crippen LogP contribution is 2.28. The van der Waals surface area contributed by atoms with Crippen LogP contribution in [0.4, 0.5) is 5.69 Å². The summed E-state index contributed by atoms with van der Waals surface area (Å²) < 4.78 is 6.13. The monoisotopic (exact) mass is 424 g/mol. The third-order valence-corrected chi connectivity index (χ3v) is 4.09. The van der Waals surface area contributed by atoms with Crippen LogP contribution in [0, 0.1) is 0 Å². The van der Waals surface area contributed by atoms with Crippen molar-refractivity contribution >= 4 is 45.0 Å². The molecule has 0 radical (unpaired) electrons. The Labute approximate surface area is 159 Å². The van der Waals surface area contributed by atoms with Crippen molar-refractivity contribution in [2.45, 2.75) is 13.3 Å². The molecule has 0 saturated carbocycles. The van der Waals surface area contributed by atoms with Crippen LogP contribution < -0.4 is 15.4 Å². The molecule has 2 rings (SSSR count). The van der Waals surface area contributed by atoms with Gasteiger partial charge in [-0.05, 0) is 52.7 Å². The Morgan fingerprint density at radius 2 is 1.96 bits per heavy atom. The lowest BCUT2D eigenvalue weighted by Crippen LogP contribution is -2.27. The highest BCUT2D eigenvalue weighted by molar-refractivity contribution is 9.10. The smallest absolute Gasteiger partial charge is 0.262 e. The molecule has 2 N–H and O–H groups in total. The Bertz CT molecular complexity index is 768. The van der Waals surface area contributed by atoms with Gasteiger partial charge in [0.2, 0.25) is 0 Å². The van der Waals surface area contributed by atoms with Crippen LogP contribution in [0.1, 0.15) is 23.7 Å². The summed E-state index contributed by atoms with van der Waals surface area (Å²) in [6, 6.07) is 11.9.